The van der Waals surface area contributed by atoms with Gasteiger partial charge in [-0.1, -0.05) is 126 Å². The standard InChI is InChI=1S/C54H70N6O4/c1-57-51(61)47-45-39-23-17-19-25-41(39)55-43(45)27-15-9-7-5-3-4-6-8-10-16-28-44-46(40-24-18-20-26-42(40)56-44)48-50(54(64)58(2)52(48)62)60-35-31-38(32-36-60)22-14-12-11-13-21-37-29-33-59(34-30-37)49(47)53(57)63/h17-20,23-26,37-38,55-56H,3-16,21-22,27-36H2,1-2H3. The van der Waals surface area contributed by atoms with E-state index in [2.05, 4.69) is 44.0 Å². The van der Waals surface area contributed by atoms with Gasteiger partial charge in [0.05, 0.1) is 11.1 Å². The zero-order valence-corrected chi connectivity index (χ0v) is 38.6. The molecule has 4 amide bonds. The topological polar surface area (TPSA) is 113 Å². The molecule has 4 bridgehead atoms. The molecule has 2 fully saturated rings. The zero-order valence-electron chi connectivity index (χ0n) is 38.6. The monoisotopic (exact) mass is 867 g/mol. The Kier molecular flexibility index (Phi) is 13.7. The third-order valence-corrected chi connectivity index (χ3v) is 15.5. The fraction of sp³-hybridized carbons (Fsp3) is 0.556. The van der Waals surface area contributed by atoms with Gasteiger partial charge in [0.1, 0.15) is 11.4 Å². The Morgan fingerprint density at radius 1 is 0.422 bits per heavy atom. The lowest BCUT2D eigenvalue weighted by Crippen LogP contribution is -2.37. The van der Waals surface area contributed by atoms with Gasteiger partial charge in [-0.3, -0.25) is 29.0 Å². The number of carbonyl (C=O) groups is 4. The molecule has 10 nitrogen and oxygen atoms in total. The number of benzene rings is 2. The number of rotatable bonds is 0. The van der Waals surface area contributed by atoms with Crippen molar-refractivity contribution in [3.8, 4) is 0 Å². The molecule has 340 valence electrons. The van der Waals surface area contributed by atoms with Crippen molar-refractivity contribution in [2.75, 3.05) is 40.3 Å². The summed E-state index contributed by atoms with van der Waals surface area (Å²) in [5.74, 6) is 0.607. The minimum absolute atomic E-state index is 0.163. The molecule has 2 saturated heterocycles. The molecule has 0 atom stereocenters. The number of fused-ring (bicyclic) bond motifs is 4. The number of nitrogens with one attached hydrogen (secondary N) is 2. The molecule has 2 aromatic heterocycles. The number of nitrogens with zero attached hydrogens (tertiary/aromatic N) is 4. The Hall–Kier alpha value is -5.12. The van der Waals surface area contributed by atoms with Gasteiger partial charge in [-0.15, -0.1) is 0 Å². The van der Waals surface area contributed by atoms with Gasteiger partial charge in [0, 0.05) is 84.6 Å². The maximum absolute atomic E-state index is 14.0. The molecule has 0 radical (unpaired) electrons. The highest BCUT2D eigenvalue weighted by atomic mass is 16.2. The Morgan fingerprint density at radius 2 is 0.766 bits per heavy atom. The van der Waals surface area contributed by atoms with Crippen LogP contribution in [0.2, 0.25) is 0 Å². The van der Waals surface area contributed by atoms with E-state index in [-0.39, 0.29) is 23.6 Å². The molecule has 11 rings (SSSR count). The number of aromatic amines is 2. The number of H-pyrrole nitrogens is 2. The lowest BCUT2D eigenvalue weighted by molar-refractivity contribution is -0.137. The van der Waals surface area contributed by atoms with Gasteiger partial charge >= 0.3 is 0 Å². The first-order valence-electron chi connectivity index (χ1n) is 25.1. The predicted octanol–water partition coefficient (Wildman–Crippen LogP) is 10.5. The Bertz CT molecular complexity index is 2250. The molecule has 2 N–H and O–H groups in total. The van der Waals surface area contributed by atoms with Gasteiger partial charge in [-0.25, -0.2) is 0 Å². The summed E-state index contributed by atoms with van der Waals surface area (Å²) in [6.07, 6.45) is 24.9. The van der Waals surface area contributed by atoms with Gasteiger partial charge in [0.15, 0.2) is 0 Å². The second-order valence-corrected chi connectivity index (χ2v) is 19.7. The van der Waals surface area contributed by atoms with Crippen LogP contribution in [-0.4, -0.2) is 93.5 Å². The van der Waals surface area contributed by atoms with Gasteiger partial charge in [0.25, 0.3) is 23.6 Å². The summed E-state index contributed by atoms with van der Waals surface area (Å²) < 4.78 is 0. The largest absolute Gasteiger partial charge is 0.366 e. The molecule has 0 unspecified atom stereocenters. The van der Waals surface area contributed by atoms with Crippen molar-refractivity contribution in [2.45, 2.75) is 141 Å². The van der Waals surface area contributed by atoms with Crippen LogP contribution in [0.1, 0.15) is 151 Å². The molecular weight excluding hydrogens is 797 g/mol. The van der Waals surface area contributed by atoms with E-state index in [1.807, 2.05) is 24.3 Å². The first-order valence-corrected chi connectivity index (χ1v) is 25.1. The first kappa shape index (κ1) is 44.1. The molecule has 9 heterocycles. The van der Waals surface area contributed by atoms with E-state index < -0.39 is 0 Å². The average molecular weight is 867 g/mol. The fourth-order valence-corrected chi connectivity index (χ4v) is 11.8. The summed E-state index contributed by atoms with van der Waals surface area (Å²) in [5, 5.41) is 2.07. The quantitative estimate of drug-likeness (QED) is 0.170. The molecular formula is C54H70N6O4. The van der Waals surface area contributed by atoms with Crippen LogP contribution in [0, 0.1) is 11.8 Å². The second kappa shape index (κ2) is 20.0. The highest BCUT2D eigenvalue weighted by molar-refractivity contribution is 6.38. The third-order valence-electron chi connectivity index (χ3n) is 15.5. The molecule has 7 aliphatic heterocycles. The van der Waals surface area contributed by atoms with E-state index in [9.17, 15) is 19.2 Å². The minimum Gasteiger partial charge on any atom is -0.366 e. The fourth-order valence-electron chi connectivity index (χ4n) is 11.8. The van der Waals surface area contributed by atoms with Crippen molar-refractivity contribution in [1.29, 1.82) is 0 Å². The van der Waals surface area contributed by atoms with E-state index in [1.165, 1.54) is 86.8 Å². The molecule has 64 heavy (non-hydrogen) atoms. The van der Waals surface area contributed by atoms with Crippen molar-refractivity contribution >= 4 is 56.6 Å². The summed E-state index contributed by atoms with van der Waals surface area (Å²) >= 11 is 0. The van der Waals surface area contributed by atoms with E-state index >= 15 is 0 Å². The SMILES string of the molecule is CN1C(=O)C2=C(C1=O)N1CCC(CCCCCCC3CCN(CC3)C3=C(C(=O)N(C)C3=O)c3c([nH]c4ccccc34)CCCCCCCCCCCCc3[nH]c4ccccc4c32)CC1. The highest BCUT2D eigenvalue weighted by Crippen LogP contribution is 2.41. The smallest absolute Gasteiger partial charge is 0.277 e. The number of imide groups is 2. The van der Waals surface area contributed by atoms with Crippen molar-refractivity contribution in [2.24, 2.45) is 11.8 Å². The number of hydrogen-bond acceptors (Lipinski definition) is 6. The zero-order chi connectivity index (χ0) is 44.2. The minimum atomic E-state index is -0.177. The van der Waals surface area contributed by atoms with Crippen LogP contribution < -0.4 is 0 Å². The van der Waals surface area contributed by atoms with E-state index in [1.54, 1.807) is 14.1 Å². The van der Waals surface area contributed by atoms with Crippen molar-refractivity contribution in [3.05, 3.63) is 82.4 Å². The van der Waals surface area contributed by atoms with Crippen molar-refractivity contribution < 1.29 is 19.2 Å². The Labute approximate surface area is 379 Å². The maximum atomic E-state index is 14.0. The van der Waals surface area contributed by atoms with Crippen LogP contribution in [0.5, 0.6) is 0 Å². The molecule has 7 aliphatic rings. The summed E-state index contributed by atoms with van der Waals surface area (Å²) in [6, 6.07) is 16.5. The summed E-state index contributed by atoms with van der Waals surface area (Å²) in [7, 11) is 3.29. The second-order valence-electron chi connectivity index (χ2n) is 19.7. The van der Waals surface area contributed by atoms with Gasteiger partial charge in [-0.2, -0.15) is 0 Å². The van der Waals surface area contributed by atoms with Crippen LogP contribution in [0.3, 0.4) is 0 Å². The highest BCUT2D eigenvalue weighted by Gasteiger charge is 2.43. The maximum Gasteiger partial charge on any atom is 0.277 e. The van der Waals surface area contributed by atoms with Crippen LogP contribution >= 0.6 is 0 Å². The van der Waals surface area contributed by atoms with Gasteiger partial charge in [-0.05, 0) is 75.3 Å². The molecule has 0 saturated carbocycles. The number of amides is 4. The number of aromatic nitrogens is 2. The van der Waals surface area contributed by atoms with Crippen LogP contribution in [0.25, 0.3) is 33.0 Å². The Morgan fingerprint density at radius 3 is 1.16 bits per heavy atom. The van der Waals surface area contributed by atoms with Crippen molar-refractivity contribution in [1.82, 2.24) is 29.6 Å². The van der Waals surface area contributed by atoms with E-state index in [0.717, 1.165) is 135 Å². The number of hydrogen-bond donors (Lipinski definition) is 2. The number of likely N-dealkylation sites (N-methyl/N-ethyl adjacent to an activating group) is 2. The van der Waals surface area contributed by atoms with Crippen LogP contribution in [-0.2, 0) is 32.0 Å². The normalized spacial score (nSPS) is 23.6. The van der Waals surface area contributed by atoms with E-state index in [4.69, 9.17) is 0 Å². The molecule has 0 spiro atoms. The molecule has 4 aromatic rings. The summed E-state index contributed by atoms with van der Waals surface area (Å²) in [4.78, 5) is 70.2. The predicted molar refractivity (Wildman–Crippen MR) is 256 cm³/mol. The molecule has 2 aromatic carbocycles. The van der Waals surface area contributed by atoms with Crippen molar-refractivity contribution in [3.63, 3.8) is 0 Å². The summed E-state index contributed by atoms with van der Waals surface area (Å²) in [6.45, 7) is 3.24. The average Bonchev–Trinajstić information content (AvgIpc) is 3.99. The summed E-state index contributed by atoms with van der Waals surface area (Å²) in [5.41, 5.74) is 8.50. The lowest BCUT2D eigenvalue weighted by atomic mass is 9.88. The lowest BCUT2D eigenvalue weighted by Gasteiger charge is -2.34. The van der Waals surface area contributed by atoms with Gasteiger partial charge < -0.3 is 19.8 Å². The molecule has 0 aliphatic carbocycles. The third kappa shape index (κ3) is 8.95. The number of aryl methyl sites for hydroxylation is 2. The van der Waals surface area contributed by atoms with Crippen LogP contribution in [0.4, 0.5) is 0 Å². The molecule has 10 heteroatoms. The van der Waals surface area contributed by atoms with E-state index in [0.29, 0.717) is 34.4 Å². The number of para-hydroxylation sites is 2. The first-order chi connectivity index (χ1) is 31.3. The van der Waals surface area contributed by atoms with Crippen LogP contribution in [0.15, 0.2) is 59.9 Å². The van der Waals surface area contributed by atoms with Gasteiger partial charge in [0.2, 0.25) is 0 Å². The number of carbonyl (C=O) groups excluding carboxylic acids is 4. The Balaban J connectivity index is 0.892. The number of piperidine rings is 2.